The first-order valence-electron chi connectivity index (χ1n) is 7.68. The zero-order valence-corrected chi connectivity index (χ0v) is 14.1. The van der Waals surface area contributed by atoms with Crippen LogP contribution >= 0.6 is 7.26 Å². The number of anilines is 1. The summed E-state index contributed by atoms with van der Waals surface area (Å²) < 4.78 is 0. The molecule has 1 saturated heterocycles. The van der Waals surface area contributed by atoms with E-state index in [1.165, 1.54) is 48.0 Å². The van der Waals surface area contributed by atoms with Gasteiger partial charge in [0.15, 0.2) is 0 Å². The molecule has 1 fully saturated rings. The molecule has 2 rings (SSSR count). The first-order chi connectivity index (χ1) is 9.46. The zero-order valence-electron chi connectivity index (χ0n) is 13.3. The summed E-state index contributed by atoms with van der Waals surface area (Å²) in [7, 11) is -0.973. The molecule has 0 atom stereocenters. The second kappa shape index (κ2) is 6.26. The Balaban J connectivity index is 2.08. The smallest absolute Gasteiger partial charge is 0.261 e. The molecular formula is C17H27NOP+. The first-order valence-corrected chi connectivity index (χ1v) is 10.2. The third-order valence-corrected chi connectivity index (χ3v) is 9.44. The Hall–Kier alpha value is -0.880. The Labute approximate surface area is 123 Å². The normalized spacial score (nSPS) is 17.2. The van der Waals surface area contributed by atoms with Crippen molar-refractivity contribution in [3.8, 4) is 0 Å². The molecule has 2 nitrogen and oxygen atoms in total. The molecule has 0 aliphatic carbocycles. The molecule has 3 heteroatoms. The fourth-order valence-corrected chi connectivity index (χ4v) is 7.33. The van der Waals surface area contributed by atoms with Gasteiger partial charge in [-0.3, -0.25) is 4.79 Å². The van der Waals surface area contributed by atoms with Gasteiger partial charge in [0.25, 0.3) is 5.91 Å². The number of hydrogen-bond acceptors (Lipinski definition) is 1. The first kappa shape index (κ1) is 15.5. The average Bonchev–Trinajstić information content (AvgIpc) is 2.83. The largest absolute Gasteiger partial charge is 0.322 e. The summed E-state index contributed by atoms with van der Waals surface area (Å²) in [5.41, 5.74) is 4.62. The number of hydrogen-bond donors (Lipinski definition) is 1. The van der Waals surface area contributed by atoms with Gasteiger partial charge in [0, 0.05) is 12.9 Å². The predicted octanol–water partition coefficient (Wildman–Crippen LogP) is 4.38. The highest BCUT2D eigenvalue weighted by atomic mass is 31.2. The van der Waals surface area contributed by atoms with E-state index in [2.05, 4.69) is 45.1 Å². The summed E-state index contributed by atoms with van der Waals surface area (Å²) in [6.45, 7) is 8.53. The van der Waals surface area contributed by atoms with Crippen LogP contribution in [0.25, 0.3) is 0 Å². The minimum atomic E-state index is -0.973. The van der Waals surface area contributed by atoms with Crippen molar-refractivity contribution in [1.29, 1.82) is 0 Å². The number of nitrogens with one attached hydrogen (secondary N) is 1. The molecule has 0 aromatic heterocycles. The van der Waals surface area contributed by atoms with E-state index >= 15 is 0 Å². The quantitative estimate of drug-likeness (QED) is 0.820. The molecule has 20 heavy (non-hydrogen) atoms. The third-order valence-electron chi connectivity index (χ3n) is 4.61. The average molecular weight is 292 g/mol. The number of carbonyl (C=O) groups is 1. The van der Waals surface area contributed by atoms with Gasteiger partial charge in [0.1, 0.15) is 6.16 Å². The number of rotatable bonds is 4. The van der Waals surface area contributed by atoms with E-state index in [0.717, 1.165) is 11.8 Å². The van der Waals surface area contributed by atoms with Crippen molar-refractivity contribution in [3.05, 3.63) is 28.8 Å². The van der Waals surface area contributed by atoms with Gasteiger partial charge in [-0.1, -0.05) is 17.7 Å². The van der Waals surface area contributed by atoms with Gasteiger partial charge in [0.05, 0.1) is 18.5 Å². The van der Waals surface area contributed by atoms with Crippen LogP contribution in [0.5, 0.6) is 0 Å². The van der Waals surface area contributed by atoms with Gasteiger partial charge in [-0.05, 0) is 51.7 Å². The van der Waals surface area contributed by atoms with Crippen molar-refractivity contribution in [2.24, 2.45) is 0 Å². The molecule has 110 valence electrons. The molecular weight excluding hydrogens is 265 g/mol. The molecule has 0 radical (unpaired) electrons. The van der Waals surface area contributed by atoms with Crippen LogP contribution in [0.4, 0.5) is 5.69 Å². The Morgan fingerprint density at radius 3 is 2.20 bits per heavy atom. The SMILES string of the molecule is CC[P+]1(CC(=O)Nc2c(C)cc(C)cc2C)CCCC1. The molecule has 1 heterocycles. The maximum atomic E-state index is 12.4. The van der Waals surface area contributed by atoms with Gasteiger partial charge in [-0.25, -0.2) is 0 Å². The van der Waals surface area contributed by atoms with Crippen LogP contribution in [0.3, 0.4) is 0 Å². The van der Waals surface area contributed by atoms with Crippen LogP contribution in [0.1, 0.15) is 36.5 Å². The maximum Gasteiger partial charge on any atom is 0.261 e. The second-order valence-corrected chi connectivity index (χ2v) is 10.8. The molecule has 1 N–H and O–H groups in total. The van der Waals surface area contributed by atoms with E-state index in [1.807, 2.05) is 0 Å². The van der Waals surface area contributed by atoms with Crippen LogP contribution in [-0.2, 0) is 4.79 Å². The standard InChI is InChI=1S/C17H26NOP/c1-5-20(8-6-7-9-20)12-16(19)18-17-14(3)10-13(2)11-15(17)4/h10-11H,5-9,12H2,1-4H3/p+1. The van der Waals surface area contributed by atoms with Crippen molar-refractivity contribution in [1.82, 2.24) is 0 Å². The Bertz CT molecular complexity index is 481. The van der Waals surface area contributed by atoms with E-state index in [4.69, 9.17) is 0 Å². The summed E-state index contributed by atoms with van der Waals surface area (Å²) in [5.74, 6) is 0.233. The van der Waals surface area contributed by atoms with Crippen molar-refractivity contribution < 1.29 is 4.79 Å². The van der Waals surface area contributed by atoms with E-state index < -0.39 is 7.26 Å². The van der Waals surface area contributed by atoms with Crippen molar-refractivity contribution >= 4 is 18.9 Å². The summed E-state index contributed by atoms with van der Waals surface area (Å²) in [6.07, 6.45) is 7.32. The van der Waals surface area contributed by atoms with Gasteiger partial charge in [-0.2, -0.15) is 0 Å². The molecule has 1 aromatic carbocycles. The van der Waals surface area contributed by atoms with E-state index in [1.54, 1.807) is 0 Å². The molecule has 0 unspecified atom stereocenters. The Kier molecular flexibility index (Phi) is 4.86. The van der Waals surface area contributed by atoms with E-state index in [0.29, 0.717) is 0 Å². The number of benzene rings is 1. The monoisotopic (exact) mass is 292 g/mol. The van der Waals surface area contributed by atoms with Crippen LogP contribution in [0, 0.1) is 20.8 Å². The highest BCUT2D eigenvalue weighted by molar-refractivity contribution is 7.76. The highest BCUT2D eigenvalue weighted by Gasteiger charge is 2.41. The zero-order chi connectivity index (χ0) is 14.8. The number of aryl methyl sites for hydroxylation is 3. The molecule has 1 amide bonds. The van der Waals surface area contributed by atoms with Crippen LogP contribution < -0.4 is 5.32 Å². The lowest BCUT2D eigenvalue weighted by Gasteiger charge is -2.20. The number of carbonyl (C=O) groups excluding carboxylic acids is 1. The minimum absolute atomic E-state index is 0.233. The van der Waals surface area contributed by atoms with Crippen molar-refractivity contribution in [2.45, 2.75) is 40.5 Å². The lowest BCUT2D eigenvalue weighted by atomic mass is 10.1. The lowest BCUT2D eigenvalue weighted by molar-refractivity contribution is -0.113. The van der Waals surface area contributed by atoms with Crippen LogP contribution in [0.2, 0.25) is 0 Å². The molecule has 0 spiro atoms. The van der Waals surface area contributed by atoms with Crippen LogP contribution in [-0.4, -0.2) is 30.6 Å². The molecule has 1 aliphatic rings. The van der Waals surface area contributed by atoms with Gasteiger partial charge < -0.3 is 5.32 Å². The maximum absolute atomic E-state index is 12.4. The molecule has 1 aliphatic heterocycles. The summed E-state index contributed by atoms with van der Waals surface area (Å²) in [6, 6.07) is 4.28. The molecule has 0 bridgehead atoms. The van der Waals surface area contributed by atoms with Crippen molar-refractivity contribution in [2.75, 3.05) is 30.0 Å². The topological polar surface area (TPSA) is 29.1 Å². The van der Waals surface area contributed by atoms with E-state index in [-0.39, 0.29) is 5.91 Å². The summed E-state index contributed by atoms with van der Waals surface area (Å²) in [5, 5.41) is 3.18. The van der Waals surface area contributed by atoms with Gasteiger partial charge in [0.2, 0.25) is 0 Å². The fourth-order valence-electron chi connectivity index (χ4n) is 3.45. The van der Waals surface area contributed by atoms with Crippen LogP contribution in [0.15, 0.2) is 12.1 Å². The number of amides is 1. The molecule has 1 aromatic rings. The summed E-state index contributed by atoms with van der Waals surface area (Å²) in [4.78, 5) is 12.4. The van der Waals surface area contributed by atoms with Crippen molar-refractivity contribution in [3.63, 3.8) is 0 Å². The highest BCUT2D eigenvalue weighted by Crippen LogP contribution is 2.63. The Morgan fingerprint density at radius 2 is 1.70 bits per heavy atom. The van der Waals surface area contributed by atoms with E-state index in [9.17, 15) is 4.79 Å². The Morgan fingerprint density at radius 1 is 1.15 bits per heavy atom. The van der Waals surface area contributed by atoms with Gasteiger partial charge >= 0.3 is 0 Å². The fraction of sp³-hybridized carbons (Fsp3) is 0.588. The van der Waals surface area contributed by atoms with Gasteiger partial charge in [-0.15, -0.1) is 0 Å². The molecule has 0 saturated carbocycles. The summed E-state index contributed by atoms with van der Waals surface area (Å²) >= 11 is 0. The second-order valence-electron chi connectivity index (χ2n) is 6.29. The minimum Gasteiger partial charge on any atom is -0.322 e. The predicted molar refractivity (Wildman–Crippen MR) is 90.6 cm³/mol. The third kappa shape index (κ3) is 3.41. The lowest BCUT2D eigenvalue weighted by Crippen LogP contribution is -2.21.